The van der Waals surface area contributed by atoms with Gasteiger partial charge in [0.2, 0.25) is 0 Å². The first kappa shape index (κ1) is 14.7. The molecule has 0 aromatic heterocycles. The number of halogens is 1. The maximum atomic E-state index is 12.0. The number of phenols is 1. The molecule has 3 N–H and O–H groups in total. The molecule has 1 saturated carbocycles. The van der Waals surface area contributed by atoms with Gasteiger partial charge in [-0.05, 0) is 36.5 Å². The highest BCUT2D eigenvalue weighted by atomic mass is 35.5. The van der Waals surface area contributed by atoms with E-state index in [0.29, 0.717) is 12.1 Å². The second-order valence-corrected chi connectivity index (χ2v) is 5.68. The number of carboxylic acids is 1. The van der Waals surface area contributed by atoms with Crippen LogP contribution in [0.2, 0.25) is 5.02 Å². The van der Waals surface area contributed by atoms with Crippen LogP contribution >= 0.6 is 11.6 Å². The zero-order valence-corrected chi connectivity index (χ0v) is 11.6. The molecule has 0 spiro atoms. The van der Waals surface area contributed by atoms with E-state index in [2.05, 4.69) is 5.32 Å². The summed E-state index contributed by atoms with van der Waals surface area (Å²) in [4.78, 5) is 22.8. The Labute approximate surface area is 121 Å². The molecule has 2 rings (SSSR count). The Kier molecular flexibility index (Phi) is 4.18. The summed E-state index contributed by atoms with van der Waals surface area (Å²) in [5.74, 6) is -1.24. The number of phenolic OH excluding ortho intramolecular Hbond substituents is 1. The Bertz CT molecular complexity index is 540. The predicted molar refractivity (Wildman–Crippen MR) is 74.0 cm³/mol. The molecule has 108 valence electrons. The fraction of sp³-hybridized carbons (Fsp3) is 0.429. The lowest BCUT2D eigenvalue weighted by Crippen LogP contribution is -2.43. The predicted octanol–water partition coefficient (Wildman–Crippen LogP) is 2.42. The van der Waals surface area contributed by atoms with Crippen LogP contribution in [0.4, 0.5) is 0 Å². The first-order valence-corrected chi connectivity index (χ1v) is 6.78. The van der Waals surface area contributed by atoms with Crippen molar-refractivity contribution in [1.29, 1.82) is 0 Å². The van der Waals surface area contributed by atoms with Gasteiger partial charge >= 0.3 is 5.97 Å². The molecule has 0 bridgehead atoms. The highest BCUT2D eigenvalue weighted by Gasteiger charge is 2.39. The Balaban J connectivity index is 1.97. The van der Waals surface area contributed by atoms with E-state index in [4.69, 9.17) is 16.7 Å². The number of amides is 1. The van der Waals surface area contributed by atoms with E-state index in [9.17, 15) is 14.7 Å². The second kappa shape index (κ2) is 5.71. The molecule has 5 nitrogen and oxygen atoms in total. The van der Waals surface area contributed by atoms with Crippen molar-refractivity contribution in [1.82, 2.24) is 5.32 Å². The summed E-state index contributed by atoms with van der Waals surface area (Å²) < 4.78 is 0. The van der Waals surface area contributed by atoms with Gasteiger partial charge in [0.15, 0.2) is 0 Å². The maximum Gasteiger partial charge on any atom is 0.303 e. The fourth-order valence-corrected chi connectivity index (χ4v) is 2.61. The summed E-state index contributed by atoms with van der Waals surface area (Å²) in [5.41, 5.74) is 0.0277. The van der Waals surface area contributed by atoms with E-state index in [0.717, 1.165) is 19.3 Å². The zero-order chi connectivity index (χ0) is 14.8. The van der Waals surface area contributed by atoms with Crippen molar-refractivity contribution in [3.05, 3.63) is 28.8 Å². The molecule has 0 saturated heterocycles. The van der Waals surface area contributed by atoms with Gasteiger partial charge in [0, 0.05) is 12.1 Å². The number of benzene rings is 1. The van der Waals surface area contributed by atoms with E-state index >= 15 is 0 Å². The van der Waals surface area contributed by atoms with Crippen molar-refractivity contribution in [2.75, 3.05) is 6.54 Å². The number of carboxylic acid groups (broad SMARTS) is 1. The van der Waals surface area contributed by atoms with Gasteiger partial charge < -0.3 is 15.5 Å². The summed E-state index contributed by atoms with van der Waals surface area (Å²) in [6.45, 7) is 0.344. The lowest BCUT2D eigenvalue weighted by atomic mass is 9.66. The maximum absolute atomic E-state index is 12.0. The fourth-order valence-electron chi connectivity index (χ4n) is 2.43. The van der Waals surface area contributed by atoms with Crippen LogP contribution in [0.15, 0.2) is 18.2 Å². The number of hydrogen-bond acceptors (Lipinski definition) is 3. The average Bonchev–Trinajstić information content (AvgIpc) is 2.35. The van der Waals surface area contributed by atoms with Crippen molar-refractivity contribution in [3.63, 3.8) is 0 Å². The summed E-state index contributed by atoms with van der Waals surface area (Å²) in [5, 5.41) is 21.1. The van der Waals surface area contributed by atoms with Gasteiger partial charge in [0.1, 0.15) is 5.75 Å². The van der Waals surface area contributed by atoms with Crippen LogP contribution in [0.25, 0.3) is 0 Å². The minimum atomic E-state index is -0.841. The topological polar surface area (TPSA) is 86.6 Å². The lowest BCUT2D eigenvalue weighted by molar-refractivity contribution is -0.141. The number of hydrogen-bond donors (Lipinski definition) is 3. The van der Waals surface area contributed by atoms with Crippen molar-refractivity contribution in [2.45, 2.75) is 25.7 Å². The average molecular weight is 298 g/mol. The van der Waals surface area contributed by atoms with Crippen LogP contribution in [0.3, 0.4) is 0 Å². The van der Waals surface area contributed by atoms with Crippen LogP contribution in [0, 0.1) is 5.41 Å². The molecule has 1 aliphatic carbocycles. The van der Waals surface area contributed by atoms with Crippen LogP contribution in [-0.2, 0) is 4.79 Å². The SMILES string of the molecule is O=C(O)CC1(CNC(=O)c2ccc(O)c(Cl)c2)CCC1. The van der Waals surface area contributed by atoms with Crippen molar-refractivity contribution >= 4 is 23.5 Å². The standard InChI is InChI=1S/C14H16ClNO4/c15-10-6-9(2-3-11(10)17)13(20)16-8-14(4-1-5-14)7-12(18)19/h2-3,6,17H,1,4-5,7-8H2,(H,16,20)(H,18,19). The summed E-state index contributed by atoms with van der Waals surface area (Å²) in [7, 11) is 0. The molecule has 6 heteroatoms. The normalized spacial score (nSPS) is 16.2. The Hall–Kier alpha value is -1.75. The molecule has 20 heavy (non-hydrogen) atoms. The van der Waals surface area contributed by atoms with E-state index < -0.39 is 5.97 Å². The lowest BCUT2D eigenvalue weighted by Gasteiger charge is -2.40. The number of nitrogens with one attached hydrogen (secondary N) is 1. The van der Waals surface area contributed by atoms with E-state index in [-0.39, 0.29) is 28.5 Å². The van der Waals surface area contributed by atoms with Gasteiger partial charge in [-0.25, -0.2) is 0 Å². The van der Waals surface area contributed by atoms with Crippen molar-refractivity contribution < 1.29 is 19.8 Å². The van der Waals surface area contributed by atoms with Crippen LogP contribution in [-0.4, -0.2) is 28.6 Å². The molecule has 1 fully saturated rings. The molecular weight excluding hydrogens is 282 g/mol. The van der Waals surface area contributed by atoms with E-state index in [1.54, 1.807) is 0 Å². The molecule has 1 aromatic rings. The number of rotatable bonds is 5. The van der Waals surface area contributed by atoms with E-state index in [1.165, 1.54) is 18.2 Å². The molecular formula is C14H16ClNO4. The Morgan fingerprint density at radius 2 is 2.05 bits per heavy atom. The number of carbonyl (C=O) groups is 2. The highest BCUT2D eigenvalue weighted by Crippen LogP contribution is 2.43. The Morgan fingerprint density at radius 1 is 1.35 bits per heavy atom. The van der Waals surface area contributed by atoms with Crippen LogP contribution in [0.1, 0.15) is 36.0 Å². The summed E-state index contributed by atoms with van der Waals surface area (Å²) >= 11 is 5.75. The zero-order valence-electron chi connectivity index (χ0n) is 10.9. The van der Waals surface area contributed by atoms with Crippen molar-refractivity contribution in [2.24, 2.45) is 5.41 Å². The molecule has 1 aromatic carbocycles. The smallest absolute Gasteiger partial charge is 0.303 e. The third-order valence-electron chi connectivity index (χ3n) is 3.77. The first-order chi connectivity index (χ1) is 9.42. The van der Waals surface area contributed by atoms with E-state index in [1.807, 2.05) is 0 Å². The number of aromatic hydroxyl groups is 1. The Morgan fingerprint density at radius 3 is 2.55 bits per heavy atom. The molecule has 0 atom stereocenters. The van der Waals surface area contributed by atoms with Gasteiger partial charge in [-0.3, -0.25) is 9.59 Å². The first-order valence-electron chi connectivity index (χ1n) is 6.40. The third-order valence-corrected chi connectivity index (χ3v) is 4.08. The molecule has 1 aliphatic rings. The van der Waals surface area contributed by atoms with Gasteiger partial charge in [0.25, 0.3) is 5.91 Å². The molecule has 1 amide bonds. The summed E-state index contributed by atoms with van der Waals surface area (Å²) in [6.07, 6.45) is 2.70. The molecule has 0 aliphatic heterocycles. The largest absolute Gasteiger partial charge is 0.506 e. The quantitative estimate of drug-likeness (QED) is 0.779. The van der Waals surface area contributed by atoms with Gasteiger partial charge in [-0.15, -0.1) is 0 Å². The minimum Gasteiger partial charge on any atom is -0.506 e. The van der Waals surface area contributed by atoms with Gasteiger partial charge in [-0.1, -0.05) is 18.0 Å². The third kappa shape index (κ3) is 3.22. The second-order valence-electron chi connectivity index (χ2n) is 5.27. The molecule has 0 radical (unpaired) electrons. The van der Waals surface area contributed by atoms with Crippen LogP contribution < -0.4 is 5.32 Å². The van der Waals surface area contributed by atoms with Crippen LogP contribution in [0.5, 0.6) is 5.75 Å². The van der Waals surface area contributed by atoms with Gasteiger partial charge in [0.05, 0.1) is 11.4 Å². The number of carbonyl (C=O) groups excluding carboxylic acids is 1. The summed E-state index contributed by atoms with van der Waals surface area (Å²) in [6, 6.07) is 4.21. The molecule has 0 heterocycles. The minimum absolute atomic E-state index is 0.0730. The van der Waals surface area contributed by atoms with Crippen molar-refractivity contribution in [3.8, 4) is 5.75 Å². The monoisotopic (exact) mass is 297 g/mol. The highest BCUT2D eigenvalue weighted by molar-refractivity contribution is 6.32. The number of aliphatic carboxylic acids is 1. The van der Waals surface area contributed by atoms with Gasteiger partial charge in [-0.2, -0.15) is 0 Å². The molecule has 0 unspecified atom stereocenters.